The molecule has 5 nitrogen and oxygen atoms in total. The van der Waals surface area contributed by atoms with Crippen molar-refractivity contribution in [3.05, 3.63) is 52.8 Å². The number of amidine groups is 1. The van der Waals surface area contributed by atoms with Gasteiger partial charge in [0, 0.05) is 28.6 Å². The summed E-state index contributed by atoms with van der Waals surface area (Å²) in [6.45, 7) is 12.7. The summed E-state index contributed by atoms with van der Waals surface area (Å²) in [5.41, 5.74) is -0.220. The molecule has 0 bridgehead atoms. The van der Waals surface area contributed by atoms with E-state index < -0.39 is 11.4 Å². The second-order valence-electron chi connectivity index (χ2n) is 10.8. The Bertz CT molecular complexity index is 1250. The summed E-state index contributed by atoms with van der Waals surface area (Å²) < 4.78 is 24.8. The second-order valence-corrected chi connectivity index (χ2v) is 11.3. The molecule has 38 heavy (non-hydrogen) atoms. The Hall–Kier alpha value is -2.57. The van der Waals surface area contributed by atoms with Crippen LogP contribution in [0.3, 0.4) is 0 Å². The van der Waals surface area contributed by atoms with Gasteiger partial charge in [-0.25, -0.2) is 8.97 Å². The molecule has 7 heteroatoms. The molecule has 204 valence electrons. The summed E-state index contributed by atoms with van der Waals surface area (Å²) in [5, 5.41) is 2.28. The number of nitrogens with zero attached hydrogens (tertiary/aromatic N) is 4. The van der Waals surface area contributed by atoms with Gasteiger partial charge in [-0.1, -0.05) is 62.2 Å². The predicted octanol–water partition coefficient (Wildman–Crippen LogP) is 7.51. The van der Waals surface area contributed by atoms with Crippen LogP contribution in [-0.2, 0) is 4.74 Å². The molecule has 2 aromatic carbocycles. The average molecular weight is 540 g/mol. The van der Waals surface area contributed by atoms with Crippen molar-refractivity contribution in [3.63, 3.8) is 0 Å². The van der Waals surface area contributed by atoms with Crippen molar-refractivity contribution in [1.29, 1.82) is 0 Å². The number of hydrogen-bond acceptors (Lipinski definition) is 4. The van der Waals surface area contributed by atoms with E-state index in [1.165, 1.54) is 12.8 Å². The molecule has 0 amide bonds. The quantitative estimate of drug-likeness (QED) is 0.188. The van der Waals surface area contributed by atoms with E-state index in [1.54, 1.807) is 17.8 Å². The summed E-state index contributed by atoms with van der Waals surface area (Å²) >= 11 is 6.63. The smallest absolute Gasteiger partial charge is 0.427 e. The third-order valence-electron chi connectivity index (χ3n) is 7.88. The van der Waals surface area contributed by atoms with Gasteiger partial charge in [0.1, 0.15) is 12.3 Å². The van der Waals surface area contributed by atoms with E-state index in [1.807, 2.05) is 57.2 Å². The molecule has 0 N–H and O–H groups in total. The second kappa shape index (κ2) is 12.1. The van der Waals surface area contributed by atoms with E-state index >= 15 is 4.39 Å². The van der Waals surface area contributed by atoms with E-state index in [0.29, 0.717) is 36.1 Å². The zero-order valence-electron chi connectivity index (χ0n) is 23.3. The first-order valence-corrected chi connectivity index (χ1v) is 14.2. The van der Waals surface area contributed by atoms with Gasteiger partial charge in [-0.2, -0.15) is 0 Å². The highest BCUT2D eigenvalue weighted by atomic mass is 35.5. The molecule has 0 aromatic heterocycles. The van der Waals surface area contributed by atoms with Crippen molar-refractivity contribution in [2.45, 2.75) is 76.8 Å². The lowest BCUT2D eigenvalue weighted by Gasteiger charge is -2.31. The lowest BCUT2D eigenvalue weighted by Crippen LogP contribution is -2.44. The Kier molecular flexibility index (Phi) is 9.04. The van der Waals surface area contributed by atoms with E-state index in [4.69, 9.17) is 21.3 Å². The first-order chi connectivity index (χ1) is 18.2. The van der Waals surface area contributed by atoms with Crippen LogP contribution in [0, 0.1) is 0 Å². The van der Waals surface area contributed by atoms with Crippen LogP contribution in [0.2, 0.25) is 5.02 Å². The number of ether oxygens (including phenoxy) is 1. The highest BCUT2D eigenvalue weighted by Crippen LogP contribution is 2.41. The number of rotatable bonds is 9. The number of benzene rings is 2. The fourth-order valence-electron chi connectivity index (χ4n) is 5.97. The zero-order chi connectivity index (χ0) is 27.3. The van der Waals surface area contributed by atoms with E-state index in [-0.39, 0.29) is 11.2 Å². The molecule has 1 atom stereocenters. The van der Waals surface area contributed by atoms with Gasteiger partial charge in [-0.15, -0.1) is 0 Å². The van der Waals surface area contributed by atoms with Crippen LogP contribution in [0.1, 0.15) is 71.3 Å². The lowest BCUT2D eigenvalue weighted by atomic mass is 9.91. The molecular weight excluding hydrogens is 499 g/mol. The maximum Gasteiger partial charge on any atom is 0.493 e. The maximum atomic E-state index is 16.9. The predicted molar refractivity (Wildman–Crippen MR) is 159 cm³/mol. The minimum atomic E-state index is -1.19. The number of hydrogen-bond donors (Lipinski definition) is 0. The van der Waals surface area contributed by atoms with Gasteiger partial charge < -0.3 is 4.74 Å². The van der Waals surface area contributed by atoms with E-state index in [0.717, 1.165) is 43.1 Å². The van der Waals surface area contributed by atoms with Crippen molar-refractivity contribution in [3.8, 4) is 0 Å². The van der Waals surface area contributed by atoms with Crippen molar-refractivity contribution in [2.75, 3.05) is 26.7 Å². The van der Waals surface area contributed by atoms with Crippen LogP contribution in [-0.4, -0.2) is 66.3 Å². The van der Waals surface area contributed by atoms with E-state index in [9.17, 15) is 0 Å². The summed E-state index contributed by atoms with van der Waals surface area (Å²) in [6, 6.07) is 11.8. The Labute approximate surface area is 231 Å². The third kappa shape index (κ3) is 5.72. The molecule has 2 fully saturated rings. The van der Waals surface area contributed by atoms with E-state index in [2.05, 4.69) is 16.6 Å². The van der Waals surface area contributed by atoms with Crippen LogP contribution in [0.15, 0.2) is 52.2 Å². The van der Waals surface area contributed by atoms with Crippen molar-refractivity contribution < 1.29 is 13.7 Å². The highest BCUT2D eigenvalue weighted by Gasteiger charge is 2.46. The molecule has 2 aliphatic rings. The first kappa shape index (κ1) is 28.4. The molecule has 0 spiro atoms. The average Bonchev–Trinajstić information content (AvgIpc) is 3.47. The fraction of sp³-hybridized carbons (Fsp3) is 0.516. The topological polar surface area (TPSA) is 40.2 Å². The Morgan fingerprint density at radius 1 is 1.21 bits per heavy atom. The number of fused-ring (bicyclic) bond motifs is 2. The van der Waals surface area contributed by atoms with Crippen molar-refractivity contribution >= 4 is 47.0 Å². The summed E-state index contributed by atoms with van der Waals surface area (Å²) in [5.74, 6) is -0.402. The molecule has 0 unspecified atom stereocenters. The Morgan fingerprint density at radius 3 is 2.53 bits per heavy atom. The highest BCUT2D eigenvalue weighted by molar-refractivity contribution is 6.36. The maximum absolute atomic E-state index is 16.9. The normalized spacial score (nSPS) is 20.0. The van der Waals surface area contributed by atoms with Crippen molar-refractivity contribution in [1.82, 2.24) is 4.90 Å². The van der Waals surface area contributed by atoms with Gasteiger partial charge >= 0.3 is 6.02 Å². The van der Waals surface area contributed by atoms with Crippen LogP contribution >= 0.6 is 11.6 Å². The van der Waals surface area contributed by atoms with Gasteiger partial charge in [0.15, 0.2) is 5.83 Å². The largest absolute Gasteiger partial charge is 0.493 e. The molecule has 2 heterocycles. The lowest BCUT2D eigenvalue weighted by molar-refractivity contribution is -0.385. The monoisotopic (exact) mass is 539 g/mol. The van der Waals surface area contributed by atoms with Crippen LogP contribution < -0.4 is 0 Å². The zero-order valence-corrected chi connectivity index (χ0v) is 24.0. The van der Waals surface area contributed by atoms with Gasteiger partial charge in [0.05, 0.1) is 19.3 Å². The summed E-state index contributed by atoms with van der Waals surface area (Å²) in [4.78, 5) is 12.1. The molecule has 2 saturated heterocycles. The third-order valence-corrected chi connectivity index (χ3v) is 8.19. The standard InChI is InChI=1S/C31H41ClFN4O/c1-6-16-30(3,35-29(36(4)5)38-22-31-17-10-20-37(31)21-11-18-31)28(33)27(34-19-7-2)24-14-8-12-23-13-9-15-25(32)26(23)24/h8-9,12-15,19H,4,6-7,10-11,16-18,20-22H2,1-3,5H3/q+1/b28-27+,34-19?,35-29?/t30-/m1/s1. The molecule has 4 rings (SSSR count). The molecule has 0 radical (unpaired) electrons. The van der Waals surface area contributed by atoms with Gasteiger partial charge in [0.25, 0.3) is 0 Å². The summed E-state index contributed by atoms with van der Waals surface area (Å²) in [7, 11) is 1.80. The molecular formula is C31H41ClFN4O+. The number of aliphatic imine (C=N–C) groups is 2. The fourth-order valence-corrected chi connectivity index (χ4v) is 6.26. The molecule has 2 aromatic rings. The first-order valence-electron chi connectivity index (χ1n) is 13.9. The molecule has 0 aliphatic carbocycles. The minimum absolute atomic E-state index is 0.0581. The Balaban J connectivity index is 1.80. The molecule has 2 aliphatic heterocycles. The molecule has 0 saturated carbocycles. The van der Waals surface area contributed by atoms with Crippen molar-refractivity contribution in [2.24, 2.45) is 9.98 Å². The Morgan fingerprint density at radius 2 is 1.89 bits per heavy atom. The number of halogens is 2. The SMILES string of the molecule is C=[N+](C)C(=N[C@](C)(CCC)/C(F)=C(\N=CCC)c1cccc2cccc(Cl)c12)OCC12CCCN1CCC2. The van der Waals surface area contributed by atoms with Gasteiger partial charge in [-0.3, -0.25) is 9.89 Å². The summed E-state index contributed by atoms with van der Waals surface area (Å²) in [6.07, 6.45) is 8.26. The van der Waals surface area contributed by atoms with Gasteiger partial charge in [0.2, 0.25) is 5.54 Å². The van der Waals surface area contributed by atoms with Crippen LogP contribution in [0.5, 0.6) is 0 Å². The minimum Gasteiger partial charge on any atom is -0.427 e. The van der Waals surface area contributed by atoms with Crippen LogP contribution in [0.25, 0.3) is 16.5 Å². The van der Waals surface area contributed by atoms with Crippen LogP contribution in [0.4, 0.5) is 4.39 Å². The van der Waals surface area contributed by atoms with Gasteiger partial charge in [-0.05, 0) is 68.6 Å².